The molecule has 0 bridgehead atoms. The van der Waals surface area contributed by atoms with Crippen molar-refractivity contribution in [1.29, 1.82) is 0 Å². The van der Waals surface area contributed by atoms with Crippen molar-refractivity contribution in [3.8, 4) is 11.4 Å². The third-order valence-electron chi connectivity index (χ3n) is 4.94. The molecular formula is C17H21F2N3O. The molecule has 2 fully saturated rings. The molecule has 3 heterocycles. The summed E-state index contributed by atoms with van der Waals surface area (Å²) in [7, 11) is 0. The van der Waals surface area contributed by atoms with Crippen molar-refractivity contribution in [3.63, 3.8) is 0 Å². The molecule has 1 N–H and O–H groups in total. The Kier molecular flexibility index (Phi) is 3.52. The first kappa shape index (κ1) is 14.9. The first-order valence-electron chi connectivity index (χ1n) is 8.22. The molecular weight excluding hydrogens is 300 g/mol. The van der Waals surface area contributed by atoms with Crippen molar-refractivity contribution >= 4 is 0 Å². The van der Waals surface area contributed by atoms with Crippen LogP contribution in [0.1, 0.15) is 48.9 Å². The Hall–Kier alpha value is -1.69. The first-order valence-corrected chi connectivity index (χ1v) is 8.22. The van der Waals surface area contributed by atoms with E-state index in [0.29, 0.717) is 13.0 Å². The first-order chi connectivity index (χ1) is 11.0. The van der Waals surface area contributed by atoms with Crippen molar-refractivity contribution in [2.75, 3.05) is 13.2 Å². The minimum atomic E-state index is -2.57. The van der Waals surface area contributed by atoms with Gasteiger partial charge in [0, 0.05) is 37.3 Å². The second-order valence-corrected chi connectivity index (χ2v) is 6.80. The lowest BCUT2D eigenvalue weighted by atomic mass is 10.0. The van der Waals surface area contributed by atoms with Crippen LogP contribution in [-0.2, 0) is 4.74 Å². The highest BCUT2D eigenvalue weighted by atomic mass is 19.3. The lowest BCUT2D eigenvalue weighted by Gasteiger charge is -2.17. The van der Waals surface area contributed by atoms with Gasteiger partial charge in [-0.15, -0.1) is 0 Å². The van der Waals surface area contributed by atoms with Crippen LogP contribution < -0.4 is 0 Å². The van der Waals surface area contributed by atoms with Crippen LogP contribution in [0.5, 0.6) is 0 Å². The quantitative estimate of drug-likeness (QED) is 0.927. The van der Waals surface area contributed by atoms with Crippen molar-refractivity contribution in [1.82, 2.24) is 14.8 Å². The van der Waals surface area contributed by atoms with Crippen LogP contribution in [-0.4, -0.2) is 33.9 Å². The van der Waals surface area contributed by atoms with Gasteiger partial charge >= 0.3 is 0 Å². The largest absolute Gasteiger partial charge is 0.381 e. The fraction of sp³-hybridized carbons (Fsp3) is 0.588. The Labute approximate surface area is 133 Å². The van der Waals surface area contributed by atoms with Crippen LogP contribution >= 0.6 is 0 Å². The molecule has 1 aliphatic heterocycles. The number of rotatable bonds is 3. The molecule has 2 aromatic heterocycles. The lowest BCUT2D eigenvalue weighted by molar-refractivity contribution is 0.00505. The predicted molar refractivity (Wildman–Crippen MR) is 82.8 cm³/mol. The number of H-pyrrole nitrogens is 1. The summed E-state index contributed by atoms with van der Waals surface area (Å²) in [6.45, 7) is 3.39. The predicted octanol–water partition coefficient (Wildman–Crippen LogP) is 4.05. The summed E-state index contributed by atoms with van der Waals surface area (Å²) in [6, 6.07) is 3.86. The third-order valence-corrected chi connectivity index (χ3v) is 4.94. The minimum absolute atomic E-state index is 0.0466. The summed E-state index contributed by atoms with van der Waals surface area (Å²) in [5, 5.41) is 4.68. The summed E-state index contributed by atoms with van der Waals surface area (Å²) < 4.78 is 34.6. The molecule has 0 amide bonds. The summed E-state index contributed by atoms with van der Waals surface area (Å²) in [4.78, 5) is 3.20. The molecule has 1 saturated carbocycles. The van der Waals surface area contributed by atoms with Gasteiger partial charge in [-0.05, 0) is 37.5 Å². The monoisotopic (exact) mass is 321 g/mol. The number of halogens is 2. The maximum absolute atomic E-state index is 13.7. The number of nitrogens with zero attached hydrogens (tertiary/aromatic N) is 2. The van der Waals surface area contributed by atoms with E-state index in [1.807, 2.05) is 29.9 Å². The van der Waals surface area contributed by atoms with Crippen LogP contribution in [0.3, 0.4) is 0 Å². The van der Waals surface area contributed by atoms with E-state index in [0.717, 1.165) is 35.7 Å². The summed E-state index contributed by atoms with van der Waals surface area (Å²) >= 11 is 0. The zero-order chi connectivity index (χ0) is 16.0. The Morgan fingerprint density at radius 3 is 2.83 bits per heavy atom. The fourth-order valence-corrected chi connectivity index (χ4v) is 3.69. The van der Waals surface area contributed by atoms with Crippen molar-refractivity contribution in [2.45, 2.75) is 50.5 Å². The van der Waals surface area contributed by atoms with E-state index in [9.17, 15) is 8.78 Å². The molecule has 1 saturated heterocycles. The Balaban J connectivity index is 1.72. The fourth-order valence-electron chi connectivity index (χ4n) is 3.69. The molecule has 2 aliphatic rings. The molecule has 2 atom stereocenters. The van der Waals surface area contributed by atoms with Gasteiger partial charge in [0.2, 0.25) is 5.92 Å². The number of aromatic amines is 1. The summed E-state index contributed by atoms with van der Waals surface area (Å²) in [6.07, 6.45) is 3.18. The molecule has 4 nitrogen and oxygen atoms in total. The van der Waals surface area contributed by atoms with Gasteiger partial charge in [-0.1, -0.05) is 0 Å². The van der Waals surface area contributed by atoms with Crippen LogP contribution in [0.25, 0.3) is 11.4 Å². The topological polar surface area (TPSA) is 42.8 Å². The average Bonchev–Trinajstić information content (AvgIpc) is 3.22. The number of ether oxygens (including phenoxy) is 1. The maximum Gasteiger partial charge on any atom is 0.250 e. The highest BCUT2D eigenvalue weighted by molar-refractivity contribution is 5.56. The van der Waals surface area contributed by atoms with Crippen molar-refractivity contribution < 1.29 is 13.5 Å². The van der Waals surface area contributed by atoms with E-state index in [4.69, 9.17) is 4.74 Å². The molecule has 1 aliphatic carbocycles. The van der Waals surface area contributed by atoms with E-state index in [1.54, 1.807) is 0 Å². The van der Waals surface area contributed by atoms with Gasteiger partial charge in [0.1, 0.15) is 5.69 Å². The van der Waals surface area contributed by atoms with Gasteiger partial charge in [0.05, 0.1) is 18.3 Å². The van der Waals surface area contributed by atoms with Gasteiger partial charge in [0.25, 0.3) is 0 Å². The zero-order valence-corrected chi connectivity index (χ0v) is 13.2. The maximum atomic E-state index is 13.7. The summed E-state index contributed by atoms with van der Waals surface area (Å²) in [5.74, 6) is -2.31. The van der Waals surface area contributed by atoms with Crippen LogP contribution in [0.15, 0.2) is 18.3 Å². The van der Waals surface area contributed by atoms with E-state index in [2.05, 4.69) is 10.1 Å². The third kappa shape index (κ3) is 2.80. The normalized spacial score (nSPS) is 26.9. The summed E-state index contributed by atoms with van der Waals surface area (Å²) in [5.41, 5.74) is 3.93. The number of hydrogen-bond acceptors (Lipinski definition) is 2. The molecule has 0 radical (unpaired) electrons. The molecule has 0 aromatic carbocycles. The zero-order valence-electron chi connectivity index (χ0n) is 13.2. The number of nitrogens with one attached hydrogen (secondary N) is 1. The molecule has 6 heteroatoms. The average molecular weight is 321 g/mol. The van der Waals surface area contributed by atoms with E-state index in [-0.39, 0.29) is 24.8 Å². The Morgan fingerprint density at radius 1 is 1.35 bits per heavy atom. The number of aromatic nitrogens is 3. The highest BCUT2D eigenvalue weighted by Crippen LogP contribution is 2.43. The van der Waals surface area contributed by atoms with Gasteiger partial charge < -0.3 is 9.72 Å². The molecule has 0 spiro atoms. The van der Waals surface area contributed by atoms with Crippen LogP contribution in [0.4, 0.5) is 8.78 Å². The minimum Gasteiger partial charge on any atom is -0.381 e. The molecule has 2 aromatic rings. The smallest absolute Gasteiger partial charge is 0.250 e. The lowest BCUT2D eigenvalue weighted by Crippen LogP contribution is -2.16. The number of alkyl halides is 2. The van der Waals surface area contributed by atoms with E-state index in [1.165, 1.54) is 0 Å². The second kappa shape index (κ2) is 5.44. The second-order valence-electron chi connectivity index (χ2n) is 6.80. The van der Waals surface area contributed by atoms with Crippen molar-refractivity contribution in [3.05, 3.63) is 29.6 Å². The molecule has 0 unspecified atom stereocenters. The Morgan fingerprint density at radius 2 is 2.22 bits per heavy atom. The molecule has 4 rings (SSSR count). The van der Waals surface area contributed by atoms with Crippen LogP contribution in [0, 0.1) is 6.92 Å². The molecule has 124 valence electrons. The highest BCUT2D eigenvalue weighted by Gasteiger charge is 2.42. The van der Waals surface area contributed by atoms with Gasteiger partial charge in [0.15, 0.2) is 0 Å². The standard InChI is InChI=1S/C17H21F2N3O/c1-11-6-14(20-9-11)15-7-16(12-3-5-23-10-12)22(21-15)13-2-4-17(18,19)8-13/h6-7,9,12-13,20H,2-5,8,10H2,1H3/t12-,13+/m1/s1. The number of aryl methyl sites for hydroxylation is 1. The Bertz CT molecular complexity index is 701. The van der Waals surface area contributed by atoms with Crippen molar-refractivity contribution in [2.24, 2.45) is 0 Å². The van der Waals surface area contributed by atoms with Gasteiger partial charge in [-0.25, -0.2) is 8.78 Å². The van der Waals surface area contributed by atoms with Gasteiger partial charge in [-0.2, -0.15) is 5.10 Å². The van der Waals surface area contributed by atoms with E-state index < -0.39 is 5.92 Å². The van der Waals surface area contributed by atoms with Gasteiger partial charge in [-0.3, -0.25) is 4.68 Å². The number of hydrogen-bond donors (Lipinski definition) is 1. The van der Waals surface area contributed by atoms with E-state index >= 15 is 0 Å². The SMILES string of the molecule is Cc1c[nH]c(-c2cc([C@@H]3CCOC3)n([C@H]3CCC(F)(F)C3)n2)c1. The van der Waals surface area contributed by atoms with Crippen LogP contribution in [0.2, 0.25) is 0 Å². The molecule has 23 heavy (non-hydrogen) atoms.